The maximum absolute atomic E-state index is 11.8. The Morgan fingerprint density at radius 1 is 1.59 bits per heavy atom. The summed E-state index contributed by atoms with van der Waals surface area (Å²) in [6.07, 6.45) is 0.188. The zero-order chi connectivity index (χ0) is 12.3. The smallest absolute Gasteiger partial charge is 0.261 e. The van der Waals surface area contributed by atoms with Crippen LogP contribution in [0.1, 0.15) is 12.5 Å². The molecule has 0 saturated carbocycles. The SMILES string of the molecule is CC(CO)CNC(=O)C1Cc2ccccc2O1. The number of amides is 1. The lowest BCUT2D eigenvalue weighted by Gasteiger charge is -2.13. The Morgan fingerprint density at radius 2 is 2.35 bits per heavy atom. The summed E-state index contributed by atoms with van der Waals surface area (Å²) in [4.78, 5) is 11.8. The Balaban J connectivity index is 1.88. The molecule has 17 heavy (non-hydrogen) atoms. The molecule has 1 aromatic rings. The number of aliphatic hydroxyl groups excluding tert-OH is 1. The summed E-state index contributed by atoms with van der Waals surface area (Å²) in [5.74, 6) is 0.757. The van der Waals surface area contributed by atoms with Crippen LogP contribution < -0.4 is 10.1 Å². The van der Waals surface area contributed by atoms with Crippen molar-refractivity contribution in [2.45, 2.75) is 19.4 Å². The Labute approximate surface area is 101 Å². The molecule has 0 fully saturated rings. The zero-order valence-electron chi connectivity index (χ0n) is 9.85. The van der Waals surface area contributed by atoms with Crippen LogP contribution in [0.4, 0.5) is 0 Å². The van der Waals surface area contributed by atoms with E-state index >= 15 is 0 Å². The van der Waals surface area contributed by atoms with E-state index in [2.05, 4.69) is 5.32 Å². The summed E-state index contributed by atoms with van der Waals surface area (Å²) in [6.45, 7) is 2.43. The number of aliphatic hydroxyl groups is 1. The van der Waals surface area contributed by atoms with Gasteiger partial charge in [-0.1, -0.05) is 25.1 Å². The number of rotatable bonds is 4. The van der Waals surface area contributed by atoms with Gasteiger partial charge < -0.3 is 15.2 Å². The molecular weight excluding hydrogens is 218 g/mol. The molecule has 1 aliphatic rings. The topological polar surface area (TPSA) is 58.6 Å². The summed E-state index contributed by atoms with van der Waals surface area (Å²) in [5, 5.41) is 11.7. The Kier molecular flexibility index (Phi) is 3.64. The van der Waals surface area contributed by atoms with E-state index in [1.807, 2.05) is 31.2 Å². The number of carbonyl (C=O) groups is 1. The van der Waals surface area contributed by atoms with Crippen LogP contribution in [-0.4, -0.2) is 30.3 Å². The Morgan fingerprint density at radius 3 is 3.06 bits per heavy atom. The molecule has 1 aliphatic heterocycles. The summed E-state index contributed by atoms with van der Waals surface area (Å²) in [7, 11) is 0. The number of nitrogens with one attached hydrogen (secondary N) is 1. The largest absolute Gasteiger partial charge is 0.480 e. The van der Waals surface area contributed by atoms with Crippen molar-refractivity contribution in [3.63, 3.8) is 0 Å². The first-order valence-electron chi connectivity index (χ1n) is 5.84. The van der Waals surface area contributed by atoms with E-state index < -0.39 is 6.10 Å². The van der Waals surface area contributed by atoms with E-state index in [0.29, 0.717) is 13.0 Å². The maximum atomic E-state index is 11.8. The van der Waals surface area contributed by atoms with E-state index in [-0.39, 0.29) is 18.4 Å². The third-order valence-corrected chi connectivity index (χ3v) is 2.88. The summed E-state index contributed by atoms with van der Waals surface area (Å²) in [5.41, 5.74) is 1.07. The van der Waals surface area contributed by atoms with Gasteiger partial charge in [-0.3, -0.25) is 4.79 Å². The van der Waals surface area contributed by atoms with Crippen LogP contribution in [0.5, 0.6) is 5.75 Å². The number of hydrogen-bond donors (Lipinski definition) is 2. The lowest BCUT2D eigenvalue weighted by molar-refractivity contribution is -0.127. The van der Waals surface area contributed by atoms with Gasteiger partial charge in [0.15, 0.2) is 6.10 Å². The molecule has 1 aromatic carbocycles. The van der Waals surface area contributed by atoms with E-state index in [0.717, 1.165) is 11.3 Å². The van der Waals surface area contributed by atoms with E-state index in [1.165, 1.54) is 0 Å². The van der Waals surface area contributed by atoms with Crippen molar-refractivity contribution < 1.29 is 14.6 Å². The fourth-order valence-electron chi connectivity index (χ4n) is 1.78. The average Bonchev–Trinajstić information content (AvgIpc) is 2.79. The highest BCUT2D eigenvalue weighted by Gasteiger charge is 2.28. The Bertz CT molecular complexity index is 380. The normalized spacial score (nSPS) is 19.3. The molecule has 0 bridgehead atoms. The number of benzene rings is 1. The molecule has 1 heterocycles. The molecule has 0 aromatic heterocycles. The number of carbonyl (C=O) groups excluding carboxylic acids is 1. The molecule has 4 heteroatoms. The lowest BCUT2D eigenvalue weighted by Crippen LogP contribution is -2.39. The van der Waals surface area contributed by atoms with Crippen molar-refractivity contribution in [1.29, 1.82) is 0 Å². The average molecular weight is 235 g/mol. The van der Waals surface area contributed by atoms with E-state index in [1.54, 1.807) is 0 Å². The number of para-hydroxylation sites is 1. The van der Waals surface area contributed by atoms with Crippen molar-refractivity contribution in [3.8, 4) is 5.75 Å². The minimum atomic E-state index is -0.432. The van der Waals surface area contributed by atoms with E-state index in [9.17, 15) is 4.79 Å². The highest BCUT2D eigenvalue weighted by molar-refractivity contribution is 5.82. The molecule has 2 atom stereocenters. The molecule has 2 unspecified atom stereocenters. The van der Waals surface area contributed by atoms with Gasteiger partial charge in [-0.05, 0) is 17.5 Å². The van der Waals surface area contributed by atoms with Gasteiger partial charge >= 0.3 is 0 Å². The number of ether oxygens (including phenoxy) is 1. The van der Waals surface area contributed by atoms with Crippen LogP contribution in [0, 0.1) is 5.92 Å². The van der Waals surface area contributed by atoms with E-state index in [4.69, 9.17) is 9.84 Å². The highest BCUT2D eigenvalue weighted by Crippen LogP contribution is 2.27. The van der Waals surface area contributed by atoms with Crippen LogP contribution in [0.15, 0.2) is 24.3 Å². The molecule has 4 nitrogen and oxygen atoms in total. The molecular formula is C13H17NO3. The standard InChI is InChI=1S/C13H17NO3/c1-9(8-15)7-14-13(16)12-6-10-4-2-3-5-11(10)17-12/h2-5,9,12,15H,6-8H2,1H3,(H,14,16). The van der Waals surface area contributed by atoms with Gasteiger partial charge in [0.05, 0.1) is 0 Å². The molecule has 1 amide bonds. The Hall–Kier alpha value is -1.55. The van der Waals surface area contributed by atoms with Crippen molar-refractivity contribution in [2.75, 3.05) is 13.2 Å². The minimum absolute atomic E-state index is 0.0720. The summed E-state index contributed by atoms with van der Waals surface area (Å²) in [6, 6.07) is 7.68. The number of fused-ring (bicyclic) bond motifs is 1. The van der Waals surface area contributed by atoms with Crippen molar-refractivity contribution >= 4 is 5.91 Å². The van der Waals surface area contributed by atoms with Crippen LogP contribution in [0.25, 0.3) is 0 Å². The van der Waals surface area contributed by atoms with Gasteiger partial charge in [-0.2, -0.15) is 0 Å². The first kappa shape index (κ1) is 11.9. The monoisotopic (exact) mass is 235 g/mol. The maximum Gasteiger partial charge on any atom is 0.261 e. The highest BCUT2D eigenvalue weighted by atomic mass is 16.5. The van der Waals surface area contributed by atoms with Gasteiger partial charge in [0.1, 0.15) is 5.75 Å². The van der Waals surface area contributed by atoms with Crippen LogP contribution in [0.3, 0.4) is 0 Å². The second kappa shape index (κ2) is 5.19. The van der Waals surface area contributed by atoms with Gasteiger partial charge in [-0.15, -0.1) is 0 Å². The second-order valence-corrected chi connectivity index (χ2v) is 4.45. The predicted octanol–water partition coefficient (Wildman–Crippen LogP) is 0.735. The predicted molar refractivity (Wildman–Crippen MR) is 63.8 cm³/mol. The third kappa shape index (κ3) is 2.77. The molecule has 2 rings (SSSR count). The lowest BCUT2D eigenvalue weighted by atomic mass is 10.1. The fraction of sp³-hybridized carbons (Fsp3) is 0.462. The summed E-state index contributed by atoms with van der Waals surface area (Å²) < 4.78 is 5.56. The van der Waals surface area contributed by atoms with Crippen LogP contribution in [0.2, 0.25) is 0 Å². The first-order valence-corrected chi connectivity index (χ1v) is 5.84. The molecule has 0 spiro atoms. The molecule has 2 N–H and O–H groups in total. The zero-order valence-corrected chi connectivity index (χ0v) is 9.85. The molecule has 0 aliphatic carbocycles. The van der Waals surface area contributed by atoms with Gasteiger partial charge in [0, 0.05) is 19.6 Å². The minimum Gasteiger partial charge on any atom is -0.480 e. The van der Waals surface area contributed by atoms with Crippen LogP contribution in [-0.2, 0) is 11.2 Å². The van der Waals surface area contributed by atoms with Crippen molar-refractivity contribution in [1.82, 2.24) is 5.32 Å². The number of hydrogen-bond acceptors (Lipinski definition) is 3. The third-order valence-electron chi connectivity index (χ3n) is 2.88. The fourth-order valence-corrected chi connectivity index (χ4v) is 1.78. The molecule has 0 radical (unpaired) electrons. The molecule has 92 valence electrons. The van der Waals surface area contributed by atoms with Gasteiger partial charge in [-0.25, -0.2) is 0 Å². The van der Waals surface area contributed by atoms with Gasteiger partial charge in [0.2, 0.25) is 0 Å². The second-order valence-electron chi connectivity index (χ2n) is 4.45. The molecule has 0 saturated heterocycles. The summed E-state index contributed by atoms with van der Waals surface area (Å²) >= 11 is 0. The van der Waals surface area contributed by atoms with Crippen LogP contribution >= 0.6 is 0 Å². The van der Waals surface area contributed by atoms with Gasteiger partial charge in [0.25, 0.3) is 5.91 Å². The quantitative estimate of drug-likeness (QED) is 0.809. The van der Waals surface area contributed by atoms with Crippen molar-refractivity contribution in [2.24, 2.45) is 5.92 Å². The van der Waals surface area contributed by atoms with Crippen molar-refractivity contribution in [3.05, 3.63) is 29.8 Å². The first-order chi connectivity index (χ1) is 8.20.